The third kappa shape index (κ3) is 6.68. The quantitative estimate of drug-likeness (QED) is 0.249. The fraction of sp³-hybridized carbons (Fsp3) is 0.200. The number of hydrogen-bond acceptors (Lipinski definition) is 4. The van der Waals surface area contributed by atoms with Crippen LogP contribution in [0, 0.1) is 0 Å². The number of aliphatic imine (C=N–C) groups is 1. The topological polar surface area (TPSA) is 78.7 Å². The van der Waals surface area contributed by atoms with Crippen LogP contribution in [-0.4, -0.2) is 18.4 Å². The van der Waals surface area contributed by atoms with Crippen molar-refractivity contribution in [1.29, 1.82) is 0 Å². The SMILES string of the molecule is CCNC(=NCc1ccsc1)NCc1ccc(NC(=O)c2ccco2)cc1.I. The van der Waals surface area contributed by atoms with Gasteiger partial charge in [0.05, 0.1) is 12.8 Å². The van der Waals surface area contributed by atoms with Gasteiger partial charge in [-0.1, -0.05) is 12.1 Å². The molecule has 6 nitrogen and oxygen atoms in total. The number of carbonyl (C=O) groups excluding carboxylic acids is 1. The standard InChI is InChI=1S/C20H22N4O2S.HI/c1-2-21-20(23-13-16-9-11-27-14-16)22-12-15-5-7-17(8-6-15)24-19(25)18-4-3-10-26-18;/h3-11,14H,2,12-13H2,1H3,(H,24,25)(H2,21,22,23);1H. The van der Waals surface area contributed by atoms with E-state index in [0.29, 0.717) is 13.1 Å². The van der Waals surface area contributed by atoms with Crippen molar-refractivity contribution in [3.8, 4) is 0 Å². The number of carbonyl (C=O) groups is 1. The molecular weight excluding hydrogens is 487 g/mol. The first-order valence-electron chi connectivity index (χ1n) is 8.71. The predicted octanol–water partition coefficient (Wildman–Crippen LogP) is 4.47. The molecule has 1 aromatic carbocycles. The molecule has 28 heavy (non-hydrogen) atoms. The lowest BCUT2D eigenvalue weighted by atomic mass is 10.2. The highest BCUT2D eigenvalue weighted by molar-refractivity contribution is 14.0. The van der Waals surface area contributed by atoms with Crippen molar-refractivity contribution in [2.24, 2.45) is 4.99 Å². The van der Waals surface area contributed by atoms with Crippen LogP contribution in [0.15, 0.2) is 68.9 Å². The number of benzene rings is 1. The normalized spacial score (nSPS) is 10.8. The number of amides is 1. The molecule has 0 aliphatic rings. The second kappa shape index (κ2) is 11.5. The summed E-state index contributed by atoms with van der Waals surface area (Å²) in [5.41, 5.74) is 3.01. The summed E-state index contributed by atoms with van der Waals surface area (Å²) in [5.74, 6) is 0.803. The fourth-order valence-electron chi connectivity index (χ4n) is 2.39. The summed E-state index contributed by atoms with van der Waals surface area (Å²) in [6.45, 7) is 4.13. The van der Waals surface area contributed by atoms with Crippen LogP contribution in [0.5, 0.6) is 0 Å². The number of nitrogens with zero attached hydrogens (tertiary/aromatic N) is 1. The summed E-state index contributed by atoms with van der Waals surface area (Å²) in [6.07, 6.45) is 1.48. The first kappa shape index (κ1) is 22.0. The highest BCUT2D eigenvalue weighted by Gasteiger charge is 2.08. The highest BCUT2D eigenvalue weighted by Crippen LogP contribution is 2.12. The summed E-state index contributed by atoms with van der Waals surface area (Å²) >= 11 is 1.67. The van der Waals surface area contributed by atoms with Gasteiger partial charge in [0.1, 0.15) is 0 Å². The van der Waals surface area contributed by atoms with Crippen molar-refractivity contribution in [2.45, 2.75) is 20.0 Å². The van der Waals surface area contributed by atoms with Crippen molar-refractivity contribution in [2.75, 3.05) is 11.9 Å². The number of anilines is 1. The maximum atomic E-state index is 12.0. The highest BCUT2D eigenvalue weighted by atomic mass is 127. The van der Waals surface area contributed by atoms with Crippen molar-refractivity contribution >= 4 is 52.9 Å². The van der Waals surface area contributed by atoms with Gasteiger partial charge >= 0.3 is 0 Å². The molecule has 0 spiro atoms. The van der Waals surface area contributed by atoms with E-state index < -0.39 is 0 Å². The molecule has 1 amide bonds. The molecule has 0 fully saturated rings. The minimum Gasteiger partial charge on any atom is -0.459 e. The lowest BCUT2D eigenvalue weighted by molar-refractivity contribution is 0.0996. The zero-order chi connectivity index (χ0) is 18.9. The van der Waals surface area contributed by atoms with Crippen LogP contribution < -0.4 is 16.0 Å². The Morgan fingerprint density at radius 3 is 2.57 bits per heavy atom. The van der Waals surface area contributed by atoms with Crippen molar-refractivity contribution in [1.82, 2.24) is 10.6 Å². The van der Waals surface area contributed by atoms with Crippen LogP contribution >= 0.6 is 35.3 Å². The Bertz CT molecular complexity index is 862. The molecule has 2 heterocycles. The molecule has 3 rings (SSSR count). The van der Waals surface area contributed by atoms with Gasteiger partial charge in [-0.2, -0.15) is 11.3 Å². The van der Waals surface area contributed by atoms with E-state index >= 15 is 0 Å². The number of thiophene rings is 1. The molecule has 0 aliphatic carbocycles. The summed E-state index contributed by atoms with van der Waals surface area (Å²) in [6, 6.07) is 13.1. The Kier molecular flexibility index (Phi) is 9.02. The van der Waals surface area contributed by atoms with Crippen LogP contribution in [0.3, 0.4) is 0 Å². The van der Waals surface area contributed by atoms with Gasteiger partial charge in [0.25, 0.3) is 5.91 Å². The van der Waals surface area contributed by atoms with Crippen molar-refractivity contribution in [3.05, 3.63) is 76.4 Å². The molecule has 2 aromatic heterocycles. The molecule has 0 unspecified atom stereocenters. The maximum absolute atomic E-state index is 12.0. The number of hydrogen-bond donors (Lipinski definition) is 3. The number of furan rings is 1. The Labute approximate surface area is 185 Å². The molecular formula is C20H23IN4O2S. The van der Waals surface area contributed by atoms with Crippen molar-refractivity contribution in [3.63, 3.8) is 0 Å². The van der Waals surface area contributed by atoms with E-state index in [2.05, 4.69) is 37.8 Å². The molecule has 0 bridgehead atoms. The first-order chi connectivity index (χ1) is 13.2. The zero-order valence-electron chi connectivity index (χ0n) is 15.5. The lowest BCUT2D eigenvalue weighted by Crippen LogP contribution is -2.36. The van der Waals surface area contributed by atoms with Gasteiger partial charge in [-0.3, -0.25) is 4.79 Å². The third-order valence-electron chi connectivity index (χ3n) is 3.76. The van der Waals surface area contributed by atoms with E-state index in [1.807, 2.05) is 31.2 Å². The van der Waals surface area contributed by atoms with Crippen molar-refractivity contribution < 1.29 is 9.21 Å². The molecule has 148 valence electrons. The van der Waals surface area contributed by atoms with E-state index in [0.717, 1.165) is 23.8 Å². The van der Waals surface area contributed by atoms with E-state index in [-0.39, 0.29) is 35.6 Å². The molecule has 8 heteroatoms. The largest absolute Gasteiger partial charge is 0.459 e. The van der Waals surface area contributed by atoms with E-state index in [9.17, 15) is 4.79 Å². The Morgan fingerprint density at radius 2 is 1.93 bits per heavy atom. The zero-order valence-corrected chi connectivity index (χ0v) is 18.6. The molecule has 0 atom stereocenters. The minimum atomic E-state index is -0.263. The van der Waals surface area contributed by atoms with E-state index in [1.54, 1.807) is 23.5 Å². The second-order valence-electron chi connectivity index (χ2n) is 5.81. The van der Waals surface area contributed by atoms with Gasteiger partial charge in [-0.05, 0) is 59.1 Å². The second-order valence-corrected chi connectivity index (χ2v) is 6.59. The van der Waals surface area contributed by atoms with E-state index in [4.69, 9.17) is 4.42 Å². The molecule has 3 aromatic rings. The van der Waals surface area contributed by atoms with Gasteiger partial charge in [0.15, 0.2) is 11.7 Å². The monoisotopic (exact) mass is 510 g/mol. The summed E-state index contributed by atoms with van der Waals surface area (Å²) in [5, 5.41) is 13.5. The molecule has 0 saturated carbocycles. The number of rotatable bonds is 7. The van der Waals surface area contributed by atoms with Gasteiger partial charge in [0, 0.05) is 18.8 Å². The molecule has 0 radical (unpaired) electrons. The van der Waals surface area contributed by atoms with Gasteiger partial charge in [-0.25, -0.2) is 4.99 Å². The van der Waals surface area contributed by atoms with Gasteiger partial charge in [0.2, 0.25) is 0 Å². The Balaban J connectivity index is 0.00000280. The number of guanidine groups is 1. The maximum Gasteiger partial charge on any atom is 0.291 e. The fourth-order valence-corrected chi connectivity index (χ4v) is 3.05. The lowest BCUT2D eigenvalue weighted by Gasteiger charge is -2.11. The summed E-state index contributed by atoms with van der Waals surface area (Å²) in [7, 11) is 0. The molecule has 3 N–H and O–H groups in total. The smallest absolute Gasteiger partial charge is 0.291 e. The van der Waals surface area contributed by atoms with Crippen LogP contribution in [0.25, 0.3) is 0 Å². The molecule has 0 saturated heterocycles. The summed E-state index contributed by atoms with van der Waals surface area (Å²) in [4.78, 5) is 16.6. The Morgan fingerprint density at radius 1 is 1.11 bits per heavy atom. The van der Waals surface area contributed by atoms with E-state index in [1.165, 1.54) is 11.8 Å². The third-order valence-corrected chi connectivity index (χ3v) is 4.49. The minimum absolute atomic E-state index is 0. The van der Waals surface area contributed by atoms with Gasteiger partial charge < -0.3 is 20.4 Å². The Hall–Kier alpha value is -2.33. The number of halogens is 1. The average molecular weight is 510 g/mol. The molecule has 0 aliphatic heterocycles. The van der Waals surface area contributed by atoms with Crippen LogP contribution in [0.1, 0.15) is 28.6 Å². The van der Waals surface area contributed by atoms with Crippen LogP contribution in [0.4, 0.5) is 5.69 Å². The number of nitrogens with one attached hydrogen (secondary N) is 3. The summed E-state index contributed by atoms with van der Waals surface area (Å²) < 4.78 is 5.09. The first-order valence-corrected chi connectivity index (χ1v) is 9.66. The van der Waals surface area contributed by atoms with Crippen LogP contribution in [-0.2, 0) is 13.1 Å². The van der Waals surface area contributed by atoms with Gasteiger partial charge in [-0.15, -0.1) is 24.0 Å². The average Bonchev–Trinajstić information content (AvgIpc) is 3.39. The predicted molar refractivity (Wildman–Crippen MR) is 124 cm³/mol. The van der Waals surface area contributed by atoms with Crippen LogP contribution in [0.2, 0.25) is 0 Å².